The topological polar surface area (TPSA) is 90.5 Å². The molecule has 1 aliphatic carbocycles. The van der Waals surface area contributed by atoms with E-state index >= 15 is 0 Å². The fraction of sp³-hybridized carbons (Fsp3) is 0.550. The predicted molar refractivity (Wildman–Crippen MR) is 97.6 cm³/mol. The van der Waals surface area contributed by atoms with E-state index in [1.807, 2.05) is 18.2 Å². The number of hydrogen-bond donors (Lipinski definition) is 3. The van der Waals surface area contributed by atoms with Gasteiger partial charge in [0.2, 0.25) is 11.8 Å². The van der Waals surface area contributed by atoms with Gasteiger partial charge in [0.25, 0.3) is 5.91 Å². The third-order valence-electron chi connectivity index (χ3n) is 6.66. The zero-order valence-electron chi connectivity index (χ0n) is 15.2. The first-order chi connectivity index (χ1) is 13.1. The Morgan fingerprint density at radius 1 is 1.26 bits per heavy atom. The van der Waals surface area contributed by atoms with Gasteiger partial charge in [0.05, 0.1) is 0 Å². The van der Waals surface area contributed by atoms with Crippen molar-refractivity contribution in [2.45, 2.75) is 38.4 Å². The number of carbonyl (C=O) groups is 3. The average molecular weight is 368 g/mol. The van der Waals surface area contributed by atoms with Crippen molar-refractivity contribution >= 4 is 17.7 Å². The average Bonchev–Trinajstić information content (AvgIpc) is 3.00. The molecule has 3 fully saturated rings. The molecular weight excluding hydrogens is 344 g/mol. The number of rotatable bonds is 5. The number of nitrogens with one attached hydrogen (secondary N) is 3. The van der Waals surface area contributed by atoms with Crippen LogP contribution in [0, 0.1) is 11.3 Å². The van der Waals surface area contributed by atoms with Gasteiger partial charge >= 0.3 is 0 Å². The Hall–Kier alpha value is -2.25. The van der Waals surface area contributed by atoms with Gasteiger partial charge in [-0.2, -0.15) is 0 Å². The lowest BCUT2D eigenvalue weighted by Gasteiger charge is -2.29. The minimum absolute atomic E-state index is 0.0955. The van der Waals surface area contributed by atoms with Crippen molar-refractivity contribution < 1.29 is 14.4 Å². The van der Waals surface area contributed by atoms with Gasteiger partial charge in [0.15, 0.2) is 0 Å². The van der Waals surface area contributed by atoms with Gasteiger partial charge in [-0.05, 0) is 41.8 Å². The zero-order chi connectivity index (χ0) is 18.6. The van der Waals surface area contributed by atoms with E-state index in [2.05, 4.69) is 16.0 Å². The Bertz CT molecular complexity index is 839. The molecule has 0 bridgehead atoms. The standard InChI is InChI=1S/C20H24N4O3/c25-16-5-4-15(18(26)23-16)24-9-13-3-1-2-12(17(13)19(24)27)7-21-10-20-6-14(20)8-22-11-20/h1-3,14-15,21-22H,4-11H2,(H,23,25,26)/t14-,15?,20-/m1/s1. The lowest BCUT2D eigenvalue weighted by Crippen LogP contribution is -2.52. The number of hydrogen-bond acceptors (Lipinski definition) is 5. The summed E-state index contributed by atoms with van der Waals surface area (Å²) in [6.45, 7) is 4.28. The molecule has 0 aromatic heterocycles. The smallest absolute Gasteiger partial charge is 0.255 e. The number of amides is 3. The van der Waals surface area contributed by atoms with Crippen molar-refractivity contribution in [1.82, 2.24) is 20.9 Å². The molecule has 2 saturated heterocycles. The maximum absolute atomic E-state index is 13.1. The highest BCUT2D eigenvalue weighted by Gasteiger charge is 2.56. The summed E-state index contributed by atoms with van der Waals surface area (Å²) >= 11 is 0. The number of fused-ring (bicyclic) bond motifs is 2. The molecule has 1 saturated carbocycles. The first-order valence-corrected chi connectivity index (χ1v) is 9.74. The molecule has 1 aromatic rings. The molecule has 3 heterocycles. The van der Waals surface area contributed by atoms with E-state index in [1.165, 1.54) is 6.42 Å². The number of imide groups is 1. The molecule has 3 amide bonds. The van der Waals surface area contributed by atoms with E-state index in [4.69, 9.17) is 0 Å². The summed E-state index contributed by atoms with van der Waals surface area (Å²) < 4.78 is 0. The number of benzene rings is 1. The zero-order valence-corrected chi connectivity index (χ0v) is 15.2. The summed E-state index contributed by atoms with van der Waals surface area (Å²) in [5.41, 5.74) is 3.10. The van der Waals surface area contributed by atoms with Crippen LogP contribution in [0.3, 0.4) is 0 Å². The monoisotopic (exact) mass is 368 g/mol. The van der Waals surface area contributed by atoms with E-state index in [-0.39, 0.29) is 24.1 Å². The highest BCUT2D eigenvalue weighted by atomic mass is 16.2. The van der Waals surface area contributed by atoms with Crippen LogP contribution in [0.4, 0.5) is 0 Å². The van der Waals surface area contributed by atoms with E-state index < -0.39 is 6.04 Å². The molecule has 3 atom stereocenters. The van der Waals surface area contributed by atoms with E-state index in [0.29, 0.717) is 24.9 Å². The van der Waals surface area contributed by atoms with Crippen LogP contribution in [-0.4, -0.2) is 48.3 Å². The van der Waals surface area contributed by atoms with Crippen molar-refractivity contribution in [3.8, 4) is 0 Å². The second-order valence-corrected chi connectivity index (χ2v) is 8.35. The van der Waals surface area contributed by atoms with Gasteiger partial charge in [-0.3, -0.25) is 19.7 Å². The fourth-order valence-electron chi connectivity index (χ4n) is 4.99. The van der Waals surface area contributed by atoms with Crippen LogP contribution in [0.15, 0.2) is 18.2 Å². The van der Waals surface area contributed by atoms with Crippen LogP contribution in [0.2, 0.25) is 0 Å². The Balaban J connectivity index is 1.29. The molecular formula is C20H24N4O3. The van der Waals surface area contributed by atoms with Crippen LogP contribution >= 0.6 is 0 Å². The third kappa shape index (κ3) is 2.76. The van der Waals surface area contributed by atoms with Crippen molar-refractivity contribution in [3.05, 3.63) is 34.9 Å². The first kappa shape index (κ1) is 16.9. The first-order valence-electron chi connectivity index (χ1n) is 9.74. The lowest BCUT2D eigenvalue weighted by atomic mass is 10.0. The summed E-state index contributed by atoms with van der Waals surface area (Å²) in [5, 5.41) is 9.35. The normalized spacial score (nSPS) is 31.7. The van der Waals surface area contributed by atoms with Crippen molar-refractivity contribution in [2.75, 3.05) is 19.6 Å². The van der Waals surface area contributed by atoms with Gasteiger partial charge in [0.1, 0.15) is 6.04 Å². The summed E-state index contributed by atoms with van der Waals surface area (Å²) in [7, 11) is 0. The van der Waals surface area contributed by atoms with E-state index in [0.717, 1.165) is 42.2 Å². The Morgan fingerprint density at radius 3 is 2.89 bits per heavy atom. The van der Waals surface area contributed by atoms with Crippen molar-refractivity contribution in [3.63, 3.8) is 0 Å². The second-order valence-electron chi connectivity index (χ2n) is 8.35. The molecule has 7 heteroatoms. The quantitative estimate of drug-likeness (QED) is 0.644. The van der Waals surface area contributed by atoms with Crippen molar-refractivity contribution in [2.24, 2.45) is 11.3 Å². The molecule has 5 rings (SSSR count). The van der Waals surface area contributed by atoms with E-state index in [9.17, 15) is 14.4 Å². The summed E-state index contributed by atoms with van der Waals surface area (Å²) in [5.74, 6) is 0.0853. The van der Waals surface area contributed by atoms with Crippen LogP contribution < -0.4 is 16.0 Å². The maximum Gasteiger partial charge on any atom is 0.255 e. The third-order valence-corrected chi connectivity index (χ3v) is 6.66. The van der Waals surface area contributed by atoms with Crippen molar-refractivity contribution in [1.29, 1.82) is 0 Å². The molecule has 1 aromatic carbocycles. The fourth-order valence-corrected chi connectivity index (χ4v) is 4.99. The Labute approximate surface area is 157 Å². The minimum atomic E-state index is -0.556. The molecule has 7 nitrogen and oxygen atoms in total. The molecule has 1 unspecified atom stereocenters. The van der Waals surface area contributed by atoms with E-state index in [1.54, 1.807) is 4.90 Å². The van der Waals surface area contributed by atoms with Gasteiger partial charge < -0.3 is 15.5 Å². The number of piperidine rings is 2. The SMILES string of the molecule is O=C1CCC(N2Cc3cccc(CNC[C@]45CNC[C@H]4C5)c3C2=O)C(=O)N1. The molecule has 4 aliphatic rings. The highest BCUT2D eigenvalue weighted by molar-refractivity contribution is 6.05. The molecule has 27 heavy (non-hydrogen) atoms. The molecule has 142 valence electrons. The highest BCUT2D eigenvalue weighted by Crippen LogP contribution is 2.54. The minimum Gasteiger partial charge on any atom is -0.322 e. The van der Waals surface area contributed by atoms with Gasteiger partial charge in [0, 0.05) is 38.2 Å². The number of carbonyl (C=O) groups excluding carboxylic acids is 3. The largest absolute Gasteiger partial charge is 0.322 e. The molecule has 3 N–H and O–H groups in total. The van der Waals surface area contributed by atoms with Crippen LogP contribution in [0.5, 0.6) is 0 Å². The van der Waals surface area contributed by atoms with Gasteiger partial charge in [-0.1, -0.05) is 18.2 Å². The summed E-state index contributed by atoms with van der Waals surface area (Å²) in [6.07, 6.45) is 1.97. The molecule has 0 radical (unpaired) electrons. The van der Waals surface area contributed by atoms with Gasteiger partial charge in [-0.15, -0.1) is 0 Å². The maximum atomic E-state index is 13.1. The predicted octanol–water partition coefficient (Wildman–Crippen LogP) is 0.147. The Morgan fingerprint density at radius 2 is 2.15 bits per heavy atom. The van der Waals surface area contributed by atoms with Gasteiger partial charge in [-0.25, -0.2) is 0 Å². The Kier molecular flexibility index (Phi) is 3.84. The summed E-state index contributed by atoms with van der Waals surface area (Å²) in [4.78, 5) is 38.3. The van der Waals surface area contributed by atoms with Crippen LogP contribution in [0.1, 0.15) is 40.7 Å². The molecule has 0 spiro atoms. The second kappa shape index (κ2) is 6.14. The molecule has 3 aliphatic heterocycles. The van der Waals surface area contributed by atoms with Crippen LogP contribution in [-0.2, 0) is 22.7 Å². The summed E-state index contributed by atoms with van der Waals surface area (Å²) in [6, 6.07) is 5.37. The lowest BCUT2D eigenvalue weighted by molar-refractivity contribution is -0.136. The number of nitrogens with zero attached hydrogens (tertiary/aromatic N) is 1. The van der Waals surface area contributed by atoms with Crippen LogP contribution in [0.25, 0.3) is 0 Å².